The van der Waals surface area contributed by atoms with Crippen LogP contribution in [-0.2, 0) is 6.42 Å². The van der Waals surface area contributed by atoms with Crippen LogP contribution in [0.4, 0.5) is 0 Å². The minimum atomic E-state index is 0.149. The minimum absolute atomic E-state index is 0.149. The van der Waals surface area contributed by atoms with E-state index in [0.717, 1.165) is 47.9 Å². The maximum atomic E-state index is 11.3. The normalized spacial score (nSPS) is 13.2. The Morgan fingerprint density at radius 2 is 1.64 bits per heavy atom. The molecule has 0 saturated carbocycles. The van der Waals surface area contributed by atoms with Crippen molar-refractivity contribution in [3.05, 3.63) is 102 Å². The van der Waals surface area contributed by atoms with E-state index in [4.69, 9.17) is 14.7 Å². The van der Waals surface area contributed by atoms with Gasteiger partial charge in [0.2, 0.25) is 0 Å². The number of rotatable bonds is 10. The SMILES string of the molecule is CCCCC(CC)COc1ccc(-c2cc(-c3ccccc3)nc(-c3ccc4ccc5c6c(ccc3c46)=CCC5)n2)c(O)c1. The van der Waals surface area contributed by atoms with Gasteiger partial charge >= 0.3 is 0 Å². The van der Waals surface area contributed by atoms with Crippen molar-refractivity contribution in [1.29, 1.82) is 0 Å². The molecule has 1 aliphatic rings. The molecule has 1 aliphatic carbocycles. The number of aromatic nitrogens is 2. The summed E-state index contributed by atoms with van der Waals surface area (Å²) in [6.45, 7) is 5.09. The molecule has 1 aromatic heterocycles. The molecule has 220 valence electrons. The zero-order valence-electron chi connectivity index (χ0n) is 25.5. The van der Waals surface area contributed by atoms with Crippen molar-refractivity contribution in [3.8, 4) is 45.4 Å². The number of ether oxygens (including phenoxy) is 1. The molecule has 1 unspecified atom stereocenters. The molecular weight excluding hydrogens is 540 g/mol. The van der Waals surface area contributed by atoms with Crippen LogP contribution in [0.15, 0.2) is 91.0 Å². The number of phenols is 1. The van der Waals surface area contributed by atoms with E-state index in [1.54, 1.807) is 6.07 Å². The number of aryl methyl sites for hydroxylation is 1. The summed E-state index contributed by atoms with van der Waals surface area (Å²) in [6.07, 6.45) is 9.13. The Morgan fingerprint density at radius 3 is 2.45 bits per heavy atom. The largest absolute Gasteiger partial charge is 0.507 e. The molecule has 44 heavy (non-hydrogen) atoms. The van der Waals surface area contributed by atoms with Gasteiger partial charge in [0.1, 0.15) is 11.5 Å². The van der Waals surface area contributed by atoms with E-state index >= 15 is 0 Å². The fourth-order valence-corrected chi connectivity index (χ4v) is 6.60. The molecule has 0 fully saturated rings. The lowest BCUT2D eigenvalue weighted by Gasteiger charge is -2.17. The molecule has 1 atom stereocenters. The summed E-state index contributed by atoms with van der Waals surface area (Å²) in [5.74, 6) is 1.99. The number of nitrogens with zero attached hydrogens (tertiary/aromatic N) is 2. The zero-order valence-corrected chi connectivity index (χ0v) is 25.5. The van der Waals surface area contributed by atoms with Gasteiger partial charge in [-0.15, -0.1) is 0 Å². The van der Waals surface area contributed by atoms with Crippen molar-refractivity contribution in [2.75, 3.05) is 6.61 Å². The van der Waals surface area contributed by atoms with Crippen LogP contribution in [0.2, 0.25) is 0 Å². The Kier molecular flexibility index (Phi) is 7.74. The number of hydrogen-bond acceptors (Lipinski definition) is 4. The quantitative estimate of drug-likeness (QED) is 0.176. The van der Waals surface area contributed by atoms with Crippen LogP contribution in [0.1, 0.15) is 51.5 Å². The van der Waals surface area contributed by atoms with Crippen LogP contribution in [0.25, 0.3) is 61.5 Å². The topological polar surface area (TPSA) is 55.2 Å². The van der Waals surface area contributed by atoms with Gasteiger partial charge in [0.15, 0.2) is 5.82 Å². The molecule has 0 aliphatic heterocycles. The summed E-state index contributed by atoms with van der Waals surface area (Å²) >= 11 is 0. The standard InChI is InChI=1S/C40H38N2O2/c1-3-5-10-26(4-2)25-44-31-19-22-34(37(43)23-31)36-24-35(27-11-7-6-8-12-27)41-40(42-36)33-21-18-30-16-15-28-13-9-14-29-17-20-32(33)39(30)38(28)29/h6-8,11-12,14-24,26,43H,3-5,9-10,13,25H2,1-2H3. The predicted molar refractivity (Wildman–Crippen MR) is 182 cm³/mol. The van der Waals surface area contributed by atoms with E-state index in [0.29, 0.717) is 35.4 Å². The van der Waals surface area contributed by atoms with Crippen LogP contribution >= 0.6 is 0 Å². The molecule has 0 radical (unpaired) electrons. The first-order valence-corrected chi connectivity index (χ1v) is 16.0. The second kappa shape index (κ2) is 12.1. The van der Waals surface area contributed by atoms with Gasteiger partial charge in [-0.05, 0) is 81.8 Å². The van der Waals surface area contributed by atoms with Crippen LogP contribution in [0.3, 0.4) is 0 Å². The van der Waals surface area contributed by atoms with Crippen LogP contribution < -0.4 is 9.96 Å². The molecule has 5 aromatic carbocycles. The lowest BCUT2D eigenvalue weighted by atomic mass is 9.88. The molecular formula is C40H38N2O2. The van der Waals surface area contributed by atoms with Crippen molar-refractivity contribution in [1.82, 2.24) is 9.97 Å². The van der Waals surface area contributed by atoms with Gasteiger partial charge in [-0.2, -0.15) is 0 Å². The number of benzene rings is 5. The van der Waals surface area contributed by atoms with Crippen molar-refractivity contribution in [2.24, 2.45) is 5.92 Å². The first-order chi connectivity index (χ1) is 21.6. The van der Waals surface area contributed by atoms with E-state index in [9.17, 15) is 5.11 Å². The van der Waals surface area contributed by atoms with Crippen LogP contribution in [0.5, 0.6) is 11.5 Å². The molecule has 0 bridgehead atoms. The molecule has 1 N–H and O–H groups in total. The Balaban J connectivity index is 1.33. The average molecular weight is 579 g/mol. The van der Waals surface area contributed by atoms with Crippen molar-refractivity contribution >= 4 is 27.6 Å². The van der Waals surface area contributed by atoms with Gasteiger partial charge in [0.25, 0.3) is 0 Å². The molecule has 4 heteroatoms. The summed E-state index contributed by atoms with van der Waals surface area (Å²) < 4.78 is 6.13. The first-order valence-electron chi connectivity index (χ1n) is 16.0. The van der Waals surface area contributed by atoms with Gasteiger partial charge in [0.05, 0.1) is 18.0 Å². The number of phenolic OH excluding ortho intramolecular Hbond substituents is 1. The van der Waals surface area contributed by atoms with Gasteiger partial charge < -0.3 is 9.84 Å². The van der Waals surface area contributed by atoms with Crippen molar-refractivity contribution in [2.45, 2.75) is 52.4 Å². The highest BCUT2D eigenvalue weighted by Crippen LogP contribution is 2.38. The van der Waals surface area contributed by atoms with Gasteiger partial charge in [0, 0.05) is 22.8 Å². The fraction of sp³-hybridized carbons (Fsp3) is 0.250. The second-order valence-corrected chi connectivity index (χ2v) is 12.0. The highest BCUT2D eigenvalue weighted by molar-refractivity contribution is 6.16. The van der Waals surface area contributed by atoms with Crippen molar-refractivity contribution in [3.63, 3.8) is 0 Å². The Bertz CT molecular complexity index is 2020. The van der Waals surface area contributed by atoms with E-state index in [2.05, 4.69) is 68.5 Å². The summed E-state index contributed by atoms with van der Waals surface area (Å²) in [5, 5.41) is 17.6. The Hall–Kier alpha value is -4.70. The Labute approximate surface area is 259 Å². The van der Waals surface area contributed by atoms with E-state index < -0.39 is 0 Å². The average Bonchev–Trinajstić information content (AvgIpc) is 3.07. The molecule has 0 spiro atoms. The molecule has 7 rings (SSSR count). The molecule has 0 amide bonds. The number of aromatic hydroxyl groups is 1. The van der Waals surface area contributed by atoms with Gasteiger partial charge in [-0.1, -0.05) is 99.8 Å². The van der Waals surface area contributed by atoms with Crippen molar-refractivity contribution < 1.29 is 9.84 Å². The lowest BCUT2D eigenvalue weighted by Crippen LogP contribution is -2.11. The zero-order chi connectivity index (χ0) is 30.0. The van der Waals surface area contributed by atoms with E-state index in [1.165, 1.54) is 39.8 Å². The molecule has 6 aromatic rings. The summed E-state index contributed by atoms with van der Waals surface area (Å²) in [5.41, 5.74) is 5.54. The molecule has 1 heterocycles. The first kappa shape index (κ1) is 28.1. The van der Waals surface area contributed by atoms with Gasteiger partial charge in [-0.25, -0.2) is 9.97 Å². The van der Waals surface area contributed by atoms with E-state index in [1.807, 2.05) is 36.4 Å². The van der Waals surface area contributed by atoms with Crippen LogP contribution in [0, 0.1) is 5.92 Å². The predicted octanol–water partition coefficient (Wildman–Crippen LogP) is 9.53. The fourth-order valence-electron chi connectivity index (χ4n) is 6.60. The summed E-state index contributed by atoms with van der Waals surface area (Å²) in [6, 6.07) is 31.0. The summed E-state index contributed by atoms with van der Waals surface area (Å²) in [4.78, 5) is 10.2. The highest BCUT2D eigenvalue weighted by Gasteiger charge is 2.18. The monoisotopic (exact) mass is 578 g/mol. The maximum absolute atomic E-state index is 11.3. The molecule has 0 saturated heterocycles. The minimum Gasteiger partial charge on any atom is -0.507 e. The maximum Gasteiger partial charge on any atom is 0.161 e. The highest BCUT2D eigenvalue weighted by atomic mass is 16.5. The second-order valence-electron chi connectivity index (χ2n) is 12.0. The van der Waals surface area contributed by atoms with Crippen LogP contribution in [-0.4, -0.2) is 21.7 Å². The smallest absolute Gasteiger partial charge is 0.161 e. The summed E-state index contributed by atoms with van der Waals surface area (Å²) in [7, 11) is 0. The lowest BCUT2D eigenvalue weighted by molar-refractivity contribution is 0.232. The molecule has 4 nitrogen and oxygen atoms in total. The third-order valence-electron chi connectivity index (χ3n) is 9.12. The van der Waals surface area contributed by atoms with Gasteiger partial charge in [-0.3, -0.25) is 0 Å². The third kappa shape index (κ3) is 5.30. The third-order valence-corrected chi connectivity index (χ3v) is 9.12. The number of hydrogen-bond donors (Lipinski definition) is 1. The van der Waals surface area contributed by atoms with E-state index in [-0.39, 0.29) is 5.75 Å². The Morgan fingerprint density at radius 1 is 0.818 bits per heavy atom. The number of unbranched alkanes of at least 4 members (excludes halogenated alkanes) is 1.